The van der Waals surface area contributed by atoms with Crippen molar-refractivity contribution in [2.45, 2.75) is 25.7 Å². The van der Waals surface area contributed by atoms with E-state index in [1.807, 2.05) is 12.1 Å². The van der Waals surface area contributed by atoms with E-state index in [4.69, 9.17) is 5.73 Å². The molecule has 1 unspecified atom stereocenters. The van der Waals surface area contributed by atoms with E-state index in [1.54, 1.807) is 30.0 Å². The van der Waals surface area contributed by atoms with Crippen LogP contribution in [0.5, 0.6) is 0 Å². The number of halogens is 2. The summed E-state index contributed by atoms with van der Waals surface area (Å²) in [6.07, 6.45) is 2.45. The number of hydrogen-bond acceptors (Lipinski definition) is 5. The third-order valence-corrected chi connectivity index (χ3v) is 4.22. The predicted octanol–water partition coefficient (Wildman–Crippen LogP) is 3.46. The molecule has 24 heavy (non-hydrogen) atoms. The summed E-state index contributed by atoms with van der Waals surface area (Å²) in [6.45, 7) is 1.76. The van der Waals surface area contributed by atoms with Crippen LogP contribution in [0.25, 0.3) is 16.6 Å². The minimum atomic E-state index is -2.39. The van der Waals surface area contributed by atoms with Gasteiger partial charge in [-0.05, 0) is 19.1 Å². The Morgan fingerprint density at radius 2 is 2.17 bits per heavy atom. The van der Waals surface area contributed by atoms with Crippen molar-refractivity contribution in [1.29, 1.82) is 0 Å². The van der Waals surface area contributed by atoms with E-state index in [1.165, 1.54) is 0 Å². The van der Waals surface area contributed by atoms with Gasteiger partial charge in [-0.1, -0.05) is 0 Å². The van der Waals surface area contributed by atoms with Crippen molar-refractivity contribution in [2.75, 3.05) is 5.73 Å². The highest BCUT2D eigenvalue weighted by Crippen LogP contribution is 2.39. The molecule has 0 aliphatic carbocycles. The molecule has 0 saturated carbocycles. The second-order valence-electron chi connectivity index (χ2n) is 5.75. The molecule has 4 rings (SSSR count). The van der Waals surface area contributed by atoms with Gasteiger partial charge in [-0.3, -0.25) is 0 Å². The van der Waals surface area contributed by atoms with Crippen molar-refractivity contribution in [1.82, 2.24) is 19.6 Å². The fraction of sp³-hybridized carbons (Fsp3) is 0.250. The molecule has 0 fully saturated rings. The lowest BCUT2D eigenvalue weighted by molar-refractivity contribution is 0.135. The maximum Gasteiger partial charge on any atom is 0.239 e. The number of fused-ring (bicyclic) bond motifs is 2. The zero-order valence-corrected chi connectivity index (χ0v) is 12.8. The summed E-state index contributed by atoms with van der Waals surface area (Å²) < 4.78 is 27.4. The molecule has 6 nitrogen and oxygen atoms in total. The highest BCUT2D eigenvalue weighted by atomic mass is 19.3. The number of aliphatic imine (C=N–C) groups is 1. The van der Waals surface area contributed by atoms with Crippen LogP contribution in [-0.2, 0) is 0 Å². The van der Waals surface area contributed by atoms with Gasteiger partial charge in [0.1, 0.15) is 0 Å². The van der Waals surface area contributed by atoms with Gasteiger partial charge in [0, 0.05) is 48.6 Å². The lowest BCUT2D eigenvalue weighted by Gasteiger charge is -2.12. The molecule has 1 atom stereocenters. The molecule has 2 N–H and O–H groups in total. The highest BCUT2D eigenvalue weighted by Gasteiger charge is 2.28. The second-order valence-corrected chi connectivity index (χ2v) is 5.75. The molecule has 124 valence electrons. The largest absolute Gasteiger partial charge is 0.367 e. The monoisotopic (exact) mass is 330 g/mol. The Balaban J connectivity index is 0.00000182. The third-order valence-electron chi connectivity index (χ3n) is 4.22. The topological polar surface area (TPSA) is 81.5 Å². The highest BCUT2D eigenvalue weighted by molar-refractivity contribution is 5.96. The van der Waals surface area contributed by atoms with Crippen LogP contribution in [0.3, 0.4) is 0 Å². The number of rotatable bonds is 3. The fourth-order valence-corrected chi connectivity index (χ4v) is 3.08. The average Bonchev–Trinajstić information content (AvgIpc) is 3.08. The summed E-state index contributed by atoms with van der Waals surface area (Å²) >= 11 is 0. The Kier molecular flexibility index (Phi) is 3.26. The number of anilines is 1. The maximum absolute atomic E-state index is 12.9. The summed E-state index contributed by atoms with van der Waals surface area (Å²) in [5.74, 6) is 0.303. The number of nitrogen functional groups attached to an aromatic ring is 1. The van der Waals surface area contributed by atoms with Gasteiger partial charge in [0.05, 0.1) is 11.7 Å². The number of alkyl halides is 2. The Labute approximate surface area is 137 Å². The van der Waals surface area contributed by atoms with E-state index < -0.39 is 12.3 Å². The number of nitrogens with two attached hydrogens (primary N) is 1. The molecular formula is C16H16F2N6. The van der Waals surface area contributed by atoms with E-state index in [-0.39, 0.29) is 13.8 Å². The van der Waals surface area contributed by atoms with Gasteiger partial charge < -0.3 is 5.73 Å². The molecule has 3 aromatic rings. The van der Waals surface area contributed by atoms with Crippen molar-refractivity contribution >= 4 is 23.0 Å². The van der Waals surface area contributed by atoms with E-state index in [9.17, 15) is 8.78 Å². The number of nitrogens with zero attached hydrogens (tertiary/aromatic N) is 5. The molecule has 0 spiro atoms. The number of hydrogen-bond donors (Lipinski definition) is 1. The van der Waals surface area contributed by atoms with Crippen LogP contribution < -0.4 is 5.73 Å². The SMILES string of the molecule is CC1=Nc2ncc(-c3ccn4nc(N)ncc34)cc2C1CC(F)F.[HH]. The first-order valence-corrected chi connectivity index (χ1v) is 7.46. The maximum atomic E-state index is 12.9. The summed E-state index contributed by atoms with van der Waals surface area (Å²) in [6, 6.07) is 3.75. The van der Waals surface area contributed by atoms with Crippen LogP contribution in [0.15, 0.2) is 35.7 Å². The lowest BCUT2D eigenvalue weighted by Crippen LogP contribution is -2.09. The minimum absolute atomic E-state index is 0. The van der Waals surface area contributed by atoms with Crippen LogP contribution in [-0.4, -0.2) is 31.7 Å². The van der Waals surface area contributed by atoms with Gasteiger partial charge in [-0.15, -0.1) is 5.10 Å². The summed E-state index contributed by atoms with van der Waals surface area (Å²) in [7, 11) is 0. The zero-order valence-electron chi connectivity index (χ0n) is 12.8. The number of pyridine rings is 1. The van der Waals surface area contributed by atoms with Crippen LogP contribution in [0.1, 0.15) is 26.3 Å². The van der Waals surface area contributed by atoms with Crippen LogP contribution in [0, 0.1) is 0 Å². The van der Waals surface area contributed by atoms with Gasteiger partial charge in [0.25, 0.3) is 0 Å². The molecule has 0 saturated heterocycles. The van der Waals surface area contributed by atoms with E-state index >= 15 is 0 Å². The molecule has 1 aliphatic rings. The van der Waals surface area contributed by atoms with Gasteiger partial charge in [0.2, 0.25) is 12.4 Å². The van der Waals surface area contributed by atoms with Gasteiger partial charge in [-0.2, -0.15) is 0 Å². The van der Waals surface area contributed by atoms with Crippen molar-refractivity contribution in [3.63, 3.8) is 0 Å². The second kappa shape index (κ2) is 5.33. The van der Waals surface area contributed by atoms with Crippen molar-refractivity contribution in [3.8, 4) is 11.1 Å². The van der Waals surface area contributed by atoms with E-state index in [0.717, 1.165) is 22.2 Å². The molecule has 0 bridgehead atoms. The van der Waals surface area contributed by atoms with E-state index in [2.05, 4.69) is 20.1 Å². The van der Waals surface area contributed by atoms with Gasteiger partial charge >= 0.3 is 0 Å². The molecule has 0 radical (unpaired) electrons. The van der Waals surface area contributed by atoms with Crippen LogP contribution in [0.4, 0.5) is 20.5 Å². The number of aromatic nitrogens is 4. The summed E-state index contributed by atoms with van der Waals surface area (Å²) in [5, 5.41) is 4.10. The molecule has 4 heterocycles. The first-order valence-electron chi connectivity index (χ1n) is 7.46. The first-order chi connectivity index (χ1) is 11.5. The molecule has 3 aromatic heterocycles. The minimum Gasteiger partial charge on any atom is -0.367 e. The summed E-state index contributed by atoms with van der Waals surface area (Å²) in [5.41, 5.74) is 9.45. The Bertz CT molecular complexity index is 968. The molecular weight excluding hydrogens is 314 g/mol. The fourth-order valence-electron chi connectivity index (χ4n) is 3.08. The third kappa shape index (κ3) is 2.31. The molecule has 8 heteroatoms. The van der Waals surface area contributed by atoms with Crippen LogP contribution in [0.2, 0.25) is 0 Å². The van der Waals surface area contributed by atoms with Gasteiger partial charge in [0.15, 0.2) is 5.82 Å². The Hall–Kier alpha value is -2.90. The molecule has 0 amide bonds. The van der Waals surface area contributed by atoms with Gasteiger partial charge in [-0.25, -0.2) is 28.3 Å². The quantitative estimate of drug-likeness (QED) is 0.797. The zero-order chi connectivity index (χ0) is 16.8. The first kappa shape index (κ1) is 14.7. The Morgan fingerprint density at radius 1 is 1.33 bits per heavy atom. The van der Waals surface area contributed by atoms with E-state index in [0.29, 0.717) is 11.5 Å². The molecule has 0 aromatic carbocycles. The van der Waals surface area contributed by atoms with Crippen LogP contribution >= 0.6 is 0 Å². The molecule has 1 aliphatic heterocycles. The smallest absolute Gasteiger partial charge is 0.239 e. The summed E-state index contributed by atoms with van der Waals surface area (Å²) in [4.78, 5) is 12.7. The predicted molar refractivity (Wildman–Crippen MR) is 88.9 cm³/mol. The van der Waals surface area contributed by atoms with Crippen molar-refractivity contribution < 1.29 is 10.2 Å². The lowest BCUT2D eigenvalue weighted by atomic mass is 9.93. The Morgan fingerprint density at radius 3 is 2.96 bits per heavy atom. The van der Waals surface area contributed by atoms with Crippen molar-refractivity contribution in [3.05, 3.63) is 36.3 Å². The normalized spacial score (nSPS) is 16.7. The van der Waals surface area contributed by atoms with Crippen molar-refractivity contribution in [2.24, 2.45) is 4.99 Å². The average molecular weight is 330 g/mol. The standard InChI is InChI=1S/C16H14F2N6.H2/c1-8-11(5-14(17)18)12-4-9(6-20-15(12)22-8)10-2-3-24-13(10)7-21-16(19)23-24;/h2-4,6-7,11,14H,5H2,1H3,(H2,19,23);1H.